The van der Waals surface area contributed by atoms with Gasteiger partial charge in [0.25, 0.3) is 5.91 Å². The van der Waals surface area contributed by atoms with E-state index < -0.39 is 5.97 Å². The van der Waals surface area contributed by atoms with Crippen molar-refractivity contribution in [1.29, 1.82) is 0 Å². The summed E-state index contributed by atoms with van der Waals surface area (Å²) in [6.45, 7) is 0.0508. The smallest absolute Gasteiger partial charge is 0.307 e. The standard InChI is InChI=1S/C13H15IN2O4/c1-20-12(18)6-7-15-11(17)8-16-13(19)9-4-2-3-5-10(9)14/h2-5H,6-8H2,1H3,(H,15,17)(H,16,19). The van der Waals surface area contributed by atoms with Crippen molar-refractivity contribution in [1.82, 2.24) is 10.6 Å². The lowest BCUT2D eigenvalue weighted by atomic mass is 10.2. The Morgan fingerprint density at radius 2 is 1.90 bits per heavy atom. The average Bonchev–Trinajstić information content (AvgIpc) is 2.45. The van der Waals surface area contributed by atoms with Gasteiger partial charge in [0.1, 0.15) is 0 Å². The fourth-order valence-corrected chi connectivity index (χ4v) is 2.00. The van der Waals surface area contributed by atoms with Crippen LogP contribution >= 0.6 is 22.6 Å². The van der Waals surface area contributed by atoms with Gasteiger partial charge in [0.15, 0.2) is 0 Å². The molecule has 0 spiro atoms. The summed E-state index contributed by atoms with van der Waals surface area (Å²) in [5.74, 6) is -1.06. The number of rotatable bonds is 6. The van der Waals surface area contributed by atoms with Gasteiger partial charge in [-0.3, -0.25) is 14.4 Å². The minimum absolute atomic E-state index is 0.104. The van der Waals surface area contributed by atoms with E-state index in [9.17, 15) is 14.4 Å². The molecule has 0 heterocycles. The van der Waals surface area contributed by atoms with Crippen LogP contribution in [0.25, 0.3) is 0 Å². The van der Waals surface area contributed by atoms with E-state index in [1.165, 1.54) is 7.11 Å². The molecule has 0 aliphatic heterocycles. The van der Waals surface area contributed by atoms with Gasteiger partial charge in [-0.15, -0.1) is 0 Å². The molecule has 0 fully saturated rings. The number of benzene rings is 1. The molecule has 2 N–H and O–H groups in total. The molecule has 0 bridgehead atoms. The quantitative estimate of drug-likeness (QED) is 0.554. The van der Waals surface area contributed by atoms with E-state index >= 15 is 0 Å². The van der Waals surface area contributed by atoms with E-state index in [2.05, 4.69) is 38.0 Å². The maximum Gasteiger partial charge on any atom is 0.307 e. The first-order valence-corrected chi connectivity index (χ1v) is 6.98. The Kier molecular flexibility index (Phi) is 6.99. The monoisotopic (exact) mass is 390 g/mol. The van der Waals surface area contributed by atoms with Gasteiger partial charge in [0.2, 0.25) is 5.91 Å². The second kappa shape index (κ2) is 8.51. The van der Waals surface area contributed by atoms with Gasteiger partial charge in [0.05, 0.1) is 25.6 Å². The lowest BCUT2D eigenvalue weighted by Crippen LogP contribution is -2.38. The first-order valence-electron chi connectivity index (χ1n) is 5.91. The predicted octanol–water partition coefficient (Wildman–Crippen LogP) is 0.700. The molecule has 0 saturated carbocycles. The Labute approximate surface area is 130 Å². The number of halogens is 1. The summed E-state index contributed by atoms with van der Waals surface area (Å²) in [4.78, 5) is 34.1. The van der Waals surface area contributed by atoms with Crippen molar-refractivity contribution >= 4 is 40.4 Å². The van der Waals surface area contributed by atoms with Crippen molar-refractivity contribution in [3.8, 4) is 0 Å². The third-order valence-electron chi connectivity index (χ3n) is 2.41. The molecule has 0 unspecified atom stereocenters. The molecule has 0 aliphatic rings. The van der Waals surface area contributed by atoms with Crippen LogP contribution in [0.2, 0.25) is 0 Å². The molecule has 1 aromatic rings. The summed E-state index contributed by atoms with van der Waals surface area (Å²) >= 11 is 2.05. The molecular weight excluding hydrogens is 375 g/mol. The number of carbonyl (C=O) groups is 3. The number of methoxy groups -OCH3 is 1. The highest BCUT2D eigenvalue weighted by Crippen LogP contribution is 2.10. The Balaban J connectivity index is 2.33. The maximum absolute atomic E-state index is 11.8. The topological polar surface area (TPSA) is 84.5 Å². The average molecular weight is 390 g/mol. The highest BCUT2D eigenvalue weighted by Gasteiger charge is 2.10. The maximum atomic E-state index is 11.8. The van der Waals surface area contributed by atoms with E-state index in [-0.39, 0.29) is 31.3 Å². The second-order valence-electron chi connectivity index (χ2n) is 3.84. The summed E-state index contributed by atoms with van der Waals surface area (Å²) in [5.41, 5.74) is 0.524. The summed E-state index contributed by atoms with van der Waals surface area (Å²) in [7, 11) is 1.28. The van der Waals surface area contributed by atoms with Gasteiger partial charge in [-0.2, -0.15) is 0 Å². The van der Waals surface area contributed by atoms with E-state index in [4.69, 9.17) is 0 Å². The number of amides is 2. The lowest BCUT2D eigenvalue weighted by Gasteiger charge is -2.07. The van der Waals surface area contributed by atoms with Crippen molar-refractivity contribution in [3.05, 3.63) is 33.4 Å². The first-order chi connectivity index (χ1) is 9.54. The van der Waals surface area contributed by atoms with Crippen LogP contribution in [0.1, 0.15) is 16.8 Å². The van der Waals surface area contributed by atoms with Crippen LogP contribution in [-0.2, 0) is 14.3 Å². The van der Waals surface area contributed by atoms with Crippen molar-refractivity contribution in [2.24, 2.45) is 0 Å². The van der Waals surface area contributed by atoms with Crippen molar-refractivity contribution in [3.63, 3.8) is 0 Å². The third-order valence-corrected chi connectivity index (χ3v) is 3.35. The summed E-state index contributed by atoms with van der Waals surface area (Å²) < 4.78 is 5.25. The van der Waals surface area contributed by atoms with Crippen molar-refractivity contribution in [2.75, 3.05) is 20.2 Å². The SMILES string of the molecule is COC(=O)CCNC(=O)CNC(=O)c1ccccc1I. The highest BCUT2D eigenvalue weighted by atomic mass is 127. The number of ether oxygens (including phenoxy) is 1. The molecule has 108 valence electrons. The Hall–Kier alpha value is -1.64. The molecule has 1 rings (SSSR count). The zero-order chi connectivity index (χ0) is 15.0. The van der Waals surface area contributed by atoms with Crippen molar-refractivity contribution < 1.29 is 19.1 Å². The van der Waals surface area contributed by atoms with Crippen LogP contribution in [0.4, 0.5) is 0 Å². The molecule has 0 aliphatic carbocycles. The molecule has 0 radical (unpaired) electrons. The van der Waals surface area contributed by atoms with Gasteiger partial charge in [-0.1, -0.05) is 12.1 Å². The molecule has 6 nitrogen and oxygen atoms in total. The largest absolute Gasteiger partial charge is 0.469 e. The summed E-state index contributed by atoms with van der Waals surface area (Å²) in [6.07, 6.45) is 0.104. The van der Waals surface area contributed by atoms with E-state index in [1.807, 2.05) is 12.1 Å². The molecule has 0 aromatic heterocycles. The molecule has 0 atom stereocenters. The zero-order valence-corrected chi connectivity index (χ0v) is 13.1. The van der Waals surface area contributed by atoms with Gasteiger partial charge in [-0.25, -0.2) is 0 Å². The van der Waals surface area contributed by atoms with Gasteiger partial charge in [-0.05, 0) is 34.7 Å². The molecule has 0 saturated heterocycles. The van der Waals surface area contributed by atoms with E-state index in [0.29, 0.717) is 5.56 Å². The molecule has 7 heteroatoms. The van der Waals surface area contributed by atoms with Gasteiger partial charge >= 0.3 is 5.97 Å². The molecular formula is C13H15IN2O4. The van der Waals surface area contributed by atoms with Crippen molar-refractivity contribution in [2.45, 2.75) is 6.42 Å². The van der Waals surface area contributed by atoms with E-state index in [1.54, 1.807) is 12.1 Å². The predicted molar refractivity (Wildman–Crippen MR) is 81.1 cm³/mol. The minimum atomic E-state index is -0.395. The van der Waals surface area contributed by atoms with Gasteiger partial charge < -0.3 is 15.4 Å². The van der Waals surface area contributed by atoms with Crippen LogP contribution in [0.3, 0.4) is 0 Å². The first kappa shape index (κ1) is 16.4. The lowest BCUT2D eigenvalue weighted by molar-refractivity contribution is -0.140. The number of nitrogens with one attached hydrogen (secondary N) is 2. The fourth-order valence-electron chi connectivity index (χ4n) is 1.37. The van der Waals surface area contributed by atoms with Crippen LogP contribution in [0.15, 0.2) is 24.3 Å². The Morgan fingerprint density at radius 3 is 2.55 bits per heavy atom. The molecule has 1 aromatic carbocycles. The molecule has 20 heavy (non-hydrogen) atoms. The minimum Gasteiger partial charge on any atom is -0.469 e. The Bertz CT molecular complexity index is 505. The number of esters is 1. The zero-order valence-electron chi connectivity index (χ0n) is 10.9. The van der Waals surface area contributed by atoms with E-state index in [0.717, 1.165) is 3.57 Å². The Morgan fingerprint density at radius 1 is 1.20 bits per heavy atom. The molecule has 2 amide bonds. The highest BCUT2D eigenvalue weighted by molar-refractivity contribution is 14.1. The van der Waals surface area contributed by atoms with Crippen LogP contribution in [0.5, 0.6) is 0 Å². The van der Waals surface area contributed by atoms with Crippen LogP contribution < -0.4 is 10.6 Å². The van der Waals surface area contributed by atoms with Crippen LogP contribution in [0, 0.1) is 3.57 Å². The fraction of sp³-hybridized carbons (Fsp3) is 0.308. The number of carbonyl (C=O) groups excluding carboxylic acids is 3. The normalized spacial score (nSPS) is 9.70. The summed E-state index contributed by atoms with van der Waals surface area (Å²) in [5, 5.41) is 5.03. The summed E-state index contributed by atoms with van der Waals surface area (Å²) in [6, 6.07) is 7.09. The van der Waals surface area contributed by atoms with Gasteiger partial charge in [0, 0.05) is 10.1 Å². The third kappa shape index (κ3) is 5.55. The second-order valence-corrected chi connectivity index (χ2v) is 5.00. The van der Waals surface area contributed by atoms with Crippen LogP contribution in [-0.4, -0.2) is 38.0 Å². The number of hydrogen-bond donors (Lipinski definition) is 2. The number of hydrogen-bond acceptors (Lipinski definition) is 4.